The van der Waals surface area contributed by atoms with Crippen LogP contribution < -0.4 is 4.90 Å². The van der Waals surface area contributed by atoms with E-state index in [0.717, 1.165) is 25.0 Å². The fourth-order valence-corrected chi connectivity index (χ4v) is 6.53. The van der Waals surface area contributed by atoms with Crippen molar-refractivity contribution in [2.75, 3.05) is 24.5 Å². The summed E-state index contributed by atoms with van der Waals surface area (Å²) in [6, 6.07) is 15.2. The van der Waals surface area contributed by atoms with E-state index in [0.29, 0.717) is 65.8 Å². The van der Waals surface area contributed by atoms with Gasteiger partial charge in [0.2, 0.25) is 0 Å². The van der Waals surface area contributed by atoms with Crippen LogP contribution in [0.25, 0.3) is 16.9 Å². The molecular weight excluding hydrogens is 521 g/mol. The molecule has 2 aromatic heterocycles. The zero-order valence-electron chi connectivity index (χ0n) is 23.2. The van der Waals surface area contributed by atoms with Gasteiger partial charge in [-0.05, 0) is 74.4 Å². The van der Waals surface area contributed by atoms with Gasteiger partial charge in [0.25, 0.3) is 5.91 Å². The monoisotopic (exact) mass is 553 g/mol. The third-order valence-corrected chi connectivity index (χ3v) is 8.96. The number of rotatable bonds is 5. The summed E-state index contributed by atoms with van der Waals surface area (Å²) in [5.74, 6) is -1.47. The van der Waals surface area contributed by atoms with E-state index >= 15 is 4.39 Å². The summed E-state index contributed by atoms with van der Waals surface area (Å²) in [5, 5.41) is 14.1. The smallest absolute Gasteiger partial charge is 0.308 e. The van der Waals surface area contributed by atoms with Crippen LogP contribution in [-0.2, 0) is 11.2 Å². The summed E-state index contributed by atoms with van der Waals surface area (Å²) in [7, 11) is 0. The molecule has 0 bridgehead atoms. The van der Waals surface area contributed by atoms with Crippen molar-refractivity contribution >= 4 is 23.2 Å². The lowest BCUT2D eigenvalue weighted by atomic mass is 9.93. The third kappa shape index (κ3) is 4.44. The van der Waals surface area contributed by atoms with Crippen LogP contribution in [0.1, 0.15) is 71.0 Å². The Bertz CT molecular complexity index is 1690. The number of nitrogens with zero attached hydrogens (tertiary/aromatic N) is 5. The van der Waals surface area contributed by atoms with Gasteiger partial charge in [-0.1, -0.05) is 24.3 Å². The minimum atomic E-state index is -0.817. The molecule has 0 unspecified atom stereocenters. The molecule has 7 rings (SSSR count). The Morgan fingerprint density at radius 2 is 1.85 bits per heavy atom. The molecule has 8 nitrogen and oxygen atoms in total. The molecule has 2 aromatic carbocycles. The number of carboxylic acids is 1. The molecule has 0 spiro atoms. The number of anilines is 1. The second-order valence-corrected chi connectivity index (χ2v) is 11.7. The molecule has 2 aliphatic heterocycles. The lowest BCUT2D eigenvalue weighted by Crippen LogP contribution is -2.39. The summed E-state index contributed by atoms with van der Waals surface area (Å²) in [6.45, 7) is 5.49. The van der Waals surface area contributed by atoms with Gasteiger partial charge in [0.05, 0.1) is 17.7 Å². The maximum Gasteiger partial charge on any atom is 0.308 e. The minimum absolute atomic E-state index is 0.0491. The predicted octanol–water partition coefficient (Wildman–Crippen LogP) is 5.39. The van der Waals surface area contributed by atoms with E-state index in [1.54, 1.807) is 10.6 Å². The van der Waals surface area contributed by atoms with Gasteiger partial charge in [-0.25, -0.2) is 13.9 Å². The van der Waals surface area contributed by atoms with Gasteiger partial charge >= 0.3 is 5.97 Å². The highest BCUT2D eigenvalue weighted by Gasteiger charge is 2.33. The number of benzene rings is 2. The van der Waals surface area contributed by atoms with Crippen molar-refractivity contribution in [1.29, 1.82) is 0 Å². The lowest BCUT2D eigenvalue weighted by Gasteiger charge is -2.35. The van der Waals surface area contributed by atoms with Crippen molar-refractivity contribution in [3.63, 3.8) is 0 Å². The molecule has 210 valence electrons. The molecule has 1 amide bonds. The molecule has 4 aromatic rings. The number of carbonyl (C=O) groups is 2. The summed E-state index contributed by atoms with van der Waals surface area (Å²) in [5.41, 5.74) is 6.56. The summed E-state index contributed by atoms with van der Waals surface area (Å²) >= 11 is 0. The largest absolute Gasteiger partial charge is 0.481 e. The fraction of sp³-hybridized carbons (Fsp3) is 0.375. The number of amides is 1. The molecule has 1 saturated carbocycles. The van der Waals surface area contributed by atoms with Gasteiger partial charge in [0, 0.05) is 48.6 Å². The van der Waals surface area contributed by atoms with Gasteiger partial charge in [0.15, 0.2) is 5.65 Å². The van der Waals surface area contributed by atoms with Gasteiger partial charge in [-0.3, -0.25) is 9.59 Å². The topological polar surface area (TPSA) is 91.0 Å². The van der Waals surface area contributed by atoms with Gasteiger partial charge in [0.1, 0.15) is 11.5 Å². The van der Waals surface area contributed by atoms with Crippen LogP contribution in [-0.4, -0.2) is 56.1 Å². The fourth-order valence-electron chi connectivity index (χ4n) is 6.53. The van der Waals surface area contributed by atoms with Gasteiger partial charge in [-0.15, -0.1) is 0 Å². The average Bonchev–Trinajstić information content (AvgIpc) is 3.51. The Hall–Kier alpha value is -4.27. The zero-order chi connectivity index (χ0) is 28.4. The number of aromatic nitrogens is 3. The Morgan fingerprint density at radius 3 is 2.59 bits per heavy atom. The molecule has 1 saturated heterocycles. The summed E-state index contributed by atoms with van der Waals surface area (Å²) in [6.07, 6.45) is 3.39. The van der Waals surface area contributed by atoms with Crippen molar-refractivity contribution < 1.29 is 19.1 Å². The van der Waals surface area contributed by atoms with Crippen molar-refractivity contribution in [2.45, 2.75) is 51.5 Å². The van der Waals surface area contributed by atoms with E-state index in [4.69, 9.17) is 10.1 Å². The first kappa shape index (κ1) is 25.7. The Kier molecular flexibility index (Phi) is 6.06. The van der Waals surface area contributed by atoms with Crippen LogP contribution in [0.15, 0.2) is 48.5 Å². The highest BCUT2D eigenvalue weighted by atomic mass is 19.1. The second kappa shape index (κ2) is 9.68. The molecule has 2 atom stereocenters. The lowest BCUT2D eigenvalue weighted by molar-refractivity contribution is -0.140. The molecular formula is C32H32FN5O3. The van der Waals surface area contributed by atoms with Gasteiger partial charge in [-0.2, -0.15) is 5.10 Å². The number of carbonyl (C=O) groups excluding carboxylic acids is 1. The predicted molar refractivity (Wildman–Crippen MR) is 153 cm³/mol. The number of hydrogen-bond donors (Lipinski definition) is 1. The second-order valence-electron chi connectivity index (χ2n) is 11.7. The Balaban J connectivity index is 1.23. The number of aryl methyl sites for hydroxylation is 1. The van der Waals surface area contributed by atoms with Crippen LogP contribution in [0.5, 0.6) is 0 Å². The van der Waals surface area contributed by atoms with Crippen LogP contribution in [0, 0.1) is 18.7 Å². The standard InChI is InChI=1S/C32H32FN5O3/c1-18-13-23(36-11-9-22(17-36)32(40)41)14-25(33)30(18)26-16-29-34-27(15-28(21-7-8-21)38(29)35-26)31(39)37-12-10-20-5-3-4-6-24(20)19(37)2/h3-6,13-16,19,21-22H,7-12,17H2,1-2H3,(H,40,41)/t19-,22+/m1/s1. The molecule has 9 heteroatoms. The minimum Gasteiger partial charge on any atom is -0.481 e. The van der Waals surface area contributed by atoms with E-state index in [2.05, 4.69) is 19.1 Å². The third-order valence-electron chi connectivity index (χ3n) is 8.96. The molecule has 1 aliphatic carbocycles. The number of halogens is 1. The Morgan fingerprint density at radius 1 is 1.05 bits per heavy atom. The Labute approximate surface area is 237 Å². The van der Waals surface area contributed by atoms with Crippen molar-refractivity contribution in [1.82, 2.24) is 19.5 Å². The van der Waals surface area contributed by atoms with E-state index in [1.807, 2.05) is 41.0 Å². The molecule has 4 heterocycles. The van der Waals surface area contributed by atoms with Crippen molar-refractivity contribution in [3.05, 3.63) is 82.4 Å². The van der Waals surface area contributed by atoms with E-state index in [1.165, 1.54) is 17.2 Å². The molecule has 1 N–H and O–H groups in total. The summed E-state index contributed by atoms with van der Waals surface area (Å²) < 4.78 is 17.4. The van der Waals surface area contributed by atoms with Crippen LogP contribution in [0.4, 0.5) is 10.1 Å². The van der Waals surface area contributed by atoms with E-state index in [-0.39, 0.29) is 11.9 Å². The first-order chi connectivity index (χ1) is 19.8. The van der Waals surface area contributed by atoms with E-state index in [9.17, 15) is 14.7 Å². The molecule has 3 aliphatic rings. The first-order valence-electron chi connectivity index (χ1n) is 14.4. The van der Waals surface area contributed by atoms with Crippen molar-refractivity contribution in [3.8, 4) is 11.3 Å². The SMILES string of the molecule is Cc1cc(N2CC[C@H](C(=O)O)C2)cc(F)c1-c1cc2nc(C(=O)N3CCc4ccccc4[C@H]3C)cc(C3CC3)n2n1. The number of hydrogen-bond acceptors (Lipinski definition) is 5. The summed E-state index contributed by atoms with van der Waals surface area (Å²) in [4.78, 5) is 33.8. The molecule has 0 radical (unpaired) electrons. The molecule has 41 heavy (non-hydrogen) atoms. The van der Waals surface area contributed by atoms with Crippen LogP contribution in [0.3, 0.4) is 0 Å². The van der Waals surface area contributed by atoms with Gasteiger partial charge < -0.3 is 14.9 Å². The first-order valence-corrected chi connectivity index (χ1v) is 14.4. The quantitative estimate of drug-likeness (QED) is 0.356. The average molecular weight is 554 g/mol. The number of carboxylic acid groups (broad SMARTS) is 1. The van der Waals surface area contributed by atoms with Crippen LogP contribution in [0.2, 0.25) is 0 Å². The zero-order valence-corrected chi connectivity index (χ0v) is 23.2. The van der Waals surface area contributed by atoms with E-state index < -0.39 is 17.7 Å². The maximum atomic E-state index is 15.6. The van der Waals surface area contributed by atoms with Crippen LogP contribution >= 0.6 is 0 Å². The highest BCUT2D eigenvalue weighted by Crippen LogP contribution is 2.41. The maximum absolute atomic E-state index is 15.6. The highest BCUT2D eigenvalue weighted by molar-refractivity contribution is 5.93. The normalized spacial score (nSPS) is 20.5. The number of fused-ring (bicyclic) bond motifs is 2. The number of aliphatic carboxylic acids is 1. The van der Waals surface area contributed by atoms with Crippen molar-refractivity contribution in [2.24, 2.45) is 5.92 Å². The molecule has 2 fully saturated rings.